The van der Waals surface area contributed by atoms with Gasteiger partial charge in [0.05, 0.1) is 25.7 Å². The lowest BCUT2D eigenvalue weighted by atomic mass is 10.2. The highest BCUT2D eigenvalue weighted by Gasteiger charge is 2.24. The summed E-state index contributed by atoms with van der Waals surface area (Å²) in [5.74, 6) is 2.86. The first kappa shape index (κ1) is 27.2. The number of carbonyl (C=O) groups is 1. The molecule has 0 radical (unpaired) electrons. The van der Waals surface area contributed by atoms with Crippen LogP contribution in [0.15, 0.2) is 59.8 Å². The van der Waals surface area contributed by atoms with Gasteiger partial charge in [0, 0.05) is 64.1 Å². The molecule has 0 spiro atoms. The van der Waals surface area contributed by atoms with Gasteiger partial charge >= 0.3 is 0 Å². The first-order valence-electron chi connectivity index (χ1n) is 13.0. The normalized spacial score (nSPS) is 15.9. The number of halogens is 1. The van der Waals surface area contributed by atoms with Crippen molar-refractivity contribution in [2.24, 2.45) is 0 Å². The first-order valence-corrected chi connectivity index (χ1v) is 14.4. The molecule has 39 heavy (non-hydrogen) atoms. The van der Waals surface area contributed by atoms with Gasteiger partial charge in [-0.15, -0.1) is 0 Å². The maximum Gasteiger partial charge on any atom is 0.233 e. The Kier molecular flexibility index (Phi) is 8.83. The fraction of sp³-hybridized carbons (Fsp3) is 0.393. The molecule has 206 valence electrons. The van der Waals surface area contributed by atoms with Crippen LogP contribution in [0.25, 0.3) is 0 Å². The Morgan fingerprint density at radius 3 is 2.21 bits per heavy atom. The van der Waals surface area contributed by atoms with Gasteiger partial charge < -0.3 is 29.1 Å². The molecule has 11 heteroatoms. The Morgan fingerprint density at radius 2 is 1.51 bits per heavy atom. The molecule has 1 aromatic heterocycles. The molecule has 0 N–H and O–H groups in total. The largest absolute Gasteiger partial charge is 0.497 e. The average molecular weight is 569 g/mol. The summed E-state index contributed by atoms with van der Waals surface area (Å²) in [5, 5.41) is 0.911. The quantitative estimate of drug-likeness (QED) is 0.228. The molecule has 2 aromatic carbocycles. The highest BCUT2D eigenvalue weighted by molar-refractivity contribution is 7.99. The summed E-state index contributed by atoms with van der Waals surface area (Å²) in [7, 11) is 3.36. The average Bonchev–Trinajstić information content (AvgIpc) is 3.00. The van der Waals surface area contributed by atoms with E-state index in [-0.39, 0.29) is 11.7 Å². The SMILES string of the molecule is COc1ccc(N2CCN(c3cc(Cl)nc(SCC(=O)N4CCN(c5ccccc5OC)CC4)n3)CC2)cc1. The van der Waals surface area contributed by atoms with Crippen molar-refractivity contribution < 1.29 is 14.3 Å². The summed E-state index contributed by atoms with van der Waals surface area (Å²) in [6.07, 6.45) is 0. The number of hydrogen-bond donors (Lipinski definition) is 0. The van der Waals surface area contributed by atoms with Crippen LogP contribution in [0.5, 0.6) is 11.5 Å². The third kappa shape index (κ3) is 6.62. The summed E-state index contributed by atoms with van der Waals surface area (Å²) in [4.78, 5) is 30.8. The third-order valence-corrected chi connectivity index (χ3v) is 8.11. The predicted molar refractivity (Wildman–Crippen MR) is 157 cm³/mol. The zero-order chi connectivity index (χ0) is 27.2. The van der Waals surface area contributed by atoms with Gasteiger partial charge in [0.15, 0.2) is 5.16 Å². The molecule has 1 amide bonds. The fourth-order valence-electron chi connectivity index (χ4n) is 4.90. The van der Waals surface area contributed by atoms with E-state index in [1.165, 1.54) is 17.4 Å². The molecular formula is C28H33ClN6O3S. The van der Waals surface area contributed by atoms with E-state index in [0.717, 1.165) is 62.3 Å². The Labute approximate surface area is 238 Å². The summed E-state index contributed by atoms with van der Waals surface area (Å²) in [5.41, 5.74) is 2.24. The first-order chi connectivity index (χ1) is 19.0. The third-order valence-electron chi connectivity index (χ3n) is 7.09. The van der Waals surface area contributed by atoms with Gasteiger partial charge in [-0.05, 0) is 36.4 Å². The number of benzene rings is 2. The number of thioether (sulfide) groups is 1. The summed E-state index contributed by atoms with van der Waals surface area (Å²) in [6, 6.07) is 17.9. The molecule has 2 saturated heterocycles. The van der Waals surface area contributed by atoms with Crippen molar-refractivity contribution in [3.05, 3.63) is 59.8 Å². The molecule has 0 saturated carbocycles. The van der Waals surface area contributed by atoms with E-state index in [1.807, 2.05) is 35.2 Å². The molecule has 3 aromatic rings. The van der Waals surface area contributed by atoms with Gasteiger partial charge in [0.1, 0.15) is 22.5 Å². The Bertz CT molecular complexity index is 1260. The van der Waals surface area contributed by atoms with Crippen LogP contribution in [0.4, 0.5) is 17.2 Å². The van der Waals surface area contributed by atoms with Crippen LogP contribution in [-0.4, -0.2) is 93.1 Å². The minimum atomic E-state index is 0.0814. The number of ether oxygens (including phenoxy) is 2. The minimum absolute atomic E-state index is 0.0814. The molecule has 3 heterocycles. The molecule has 2 fully saturated rings. The van der Waals surface area contributed by atoms with Gasteiger partial charge in [-0.2, -0.15) is 0 Å². The number of nitrogens with zero attached hydrogens (tertiary/aromatic N) is 6. The Hall–Kier alpha value is -3.37. The van der Waals surface area contributed by atoms with E-state index in [9.17, 15) is 4.79 Å². The van der Waals surface area contributed by atoms with Crippen LogP contribution in [0.2, 0.25) is 5.15 Å². The number of hydrogen-bond acceptors (Lipinski definition) is 9. The molecule has 2 aliphatic rings. The second-order valence-corrected chi connectivity index (χ2v) is 10.7. The Morgan fingerprint density at radius 1 is 0.846 bits per heavy atom. The van der Waals surface area contributed by atoms with Crippen LogP contribution in [0.3, 0.4) is 0 Å². The number of amides is 1. The number of methoxy groups -OCH3 is 2. The lowest BCUT2D eigenvalue weighted by Crippen LogP contribution is -2.49. The number of anilines is 3. The molecule has 0 atom stereocenters. The van der Waals surface area contributed by atoms with Gasteiger partial charge in [0.2, 0.25) is 5.91 Å². The lowest BCUT2D eigenvalue weighted by Gasteiger charge is -2.37. The van der Waals surface area contributed by atoms with Crippen LogP contribution in [0, 0.1) is 0 Å². The van der Waals surface area contributed by atoms with Crippen LogP contribution >= 0.6 is 23.4 Å². The van der Waals surface area contributed by atoms with Gasteiger partial charge in [-0.1, -0.05) is 35.5 Å². The zero-order valence-corrected chi connectivity index (χ0v) is 23.8. The predicted octanol–water partition coefficient (Wildman–Crippen LogP) is 3.91. The number of para-hydroxylation sites is 2. The molecule has 0 aliphatic carbocycles. The summed E-state index contributed by atoms with van der Waals surface area (Å²) in [6.45, 7) is 6.23. The second-order valence-electron chi connectivity index (χ2n) is 9.33. The lowest BCUT2D eigenvalue weighted by molar-refractivity contribution is -0.128. The maximum atomic E-state index is 13.0. The van der Waals surface area contributed by atoms with Crippen molar-refractivity contribution >= 4 is 46.5 Å². The van der Waals surface area contributed by atoms with E-state index >= 15 is 0 Å². The highest BCUT2D eigenvalue weighted by atomic mass is 35.5. The molecular weight excluding hydrogens is 536 g/mol. The number of rotatable bonds is 8. The van der Waals surface area contributed by atoms with Gasteiger partial charge in [0.25, 0.3) is 0 Å². The van der Waals surface area contributed by atoms with Crippen molar-refractivity contribution in [3.8, 4) is 11.5 Å². The number of carbonyl (C=O) groups excluding carboxylic acids is 1. The smallest absolute Gasteiger partial charge is 0.233 e. The van der Waals surface area contributed by atoms with Gasteiger partial charge in [-0.3, -0.25) is 4.79 Å². The minimum Gasteiger partial charge on any atom is -0.497 e. The molecule has 2 aliphatic heterocycles. The summed E-state index contributed by atoms with van der Waals surface area (Å²) >= 11 is 7.70. The highest BCUT2D eigenvalue weighted by Crippen LogP contribution is 2.29. The van der Waals surface area contributed by atoms with Crippen molar-refractivity contribution in [1.82, 2.24) is 14.9 Å². The molecule has 0 unspecified atom stereocenters. The van der Waals surface area contributed by atoms with E-state index in [0.29, 0.717) is 23.4 Å². The van der Waals surface area contributed by atoms with Crippen molar-refractivity contribution in [3.63, 3.8) is 0 Å². The van der Waals surface area contributed by atoms with E-state index < -0.39 is 0 Å². The van der Waals surface area contributed by atoms with Crippen molar-refractivity contribution in [1.29, 1.82) is 0 Å². The topological polar surface area (TPSA) is 74.3 Å². The number of piperazine rings is 2. The van der Waals surface area contributed by atoms with E-state index in [1.54, 1.807) is 20.3 Å². The Balaban J connectivity index is 1.13. The van der Waals surface area contributed by atoms with E-state index in [2.05, 4.69) is 37.9 Å². The van der Waals surface area contributed by atoms with Crippen LogP contribution in [-0.2, 0) is 4.79 Å². The zero-order valence-electron chi connectivity index (χ0n) is 22.3. The second kappa shape index (κ2) is 12.7. The van der Waals surface area contributed by atoms with Crippen LogP contribution < -0.4 is 24.2 Å². The van der Waals surface area contributed by atoms with Crippen LogP contribution in [0.1, 0.15) is 0 Å². The number of aromatic nitrogens is 2. The molecule has 0 bridgehead atoms. The molecule has 5 rings (SSSR count). The standard InChI is InChI=1S/C28H33ClN6O3S/c1-37-22-9-7-21(8-10-22)32-11-15-34(16-12-32)26-19-25(29)30-28(31-26)39-20-27(36)35-17-13-33(14-18-35)23-5-3-4-6-24(23)38-2/h3-10,19H,11-18,20H2,1-2H3. The fourth-order valence-corrected chi connectivity index (χ4v) is 5.89. The maximum absolute atomic E-state index is 13.0. The van der Waals surface area contributed by atoms with E-state index in [4.69, 9.17) is 26.1 Å². The van der Waals surface area contributed by atoms with Crippen molar-refractivity contribution in [2.45, 2.75) is 5.16 Å². The monoisotopic (exact) mass is 568 g/mol. The molecule has 9 nitrogen and oxygen atoms in total. The summed E-state index contributed by atoms with van der Waals surface area (Å²) < 4.78 is 10.8. The van der Waals surface area contributed by atoms with Gasteiger partial charge in [-0.25, -0.2) is 9.97 Å². The van der Waals surface area contributed by atoms with Crippen molar-refractivity contribution in [2.75, 3.05) is 87.0 Å².